The van der Waals surface area contributed by atoms with Gasteiger partial charge in [-0.15, -0.1) is 0 Å². The van der Waals surface area contributed by atoms with E-state index < -0.39 is 11.6 Å². The molecular weight excluding hydrogens is 244 g/mol. The van der Waals surface area contributed by atoms with Crippen LogP contribution in [-0.2, 0) is 0 Å². The van der Waals surface area contributed by atoms with Crippen LogP contribution in [0.3, 0.4) is 0 Å². The standard InChI is InChI=1S/C14H16N2O3/c1-14(2,19)8-16-12-9-5-3-4-6-11(9)15-7-10(12)13(17)18/h3-7,19H,8H2,1-2H3,(H,15,16)(H,17,18). The average Bonchev–Trinajstić information content (AvgIpc) is 2.34. The molecule has 0 amide bonds. The van der Waals surface area contributed by atoms with Crippen LogP contribution < -0.4 is 5.32 Å². The second kappa shape index (κ2) is 4.85. The Labute approximate surface area is 110 Å². The molecule has 0 fully saturated rings. The van der Waals surface area contributed by atoms with E-state index in [4.69, 9.17) is 0 Å². The molecule has 0 bridgehead atoms. The lowest BCUT2D eigenvalue weighted by Crippen LogP contribution is -2.30. The molecule has 2 aromatic rings. The third-order valence-corrected chi connectivity index (χ3v) is 2.70. The number of pyridine rings is 1. The van der Waals surface area contributed by atoms with Crippen molar-refractivity contribution in [2.45, 2.75) is 19.4 Å². The molecule has 0 unspecified atom stereocenters. The number of aliphatic hydroxyl groups is 1. The van der Waals surface area contributed by atoms with Crippen LogP contribution in [-0.4, -0.2) is 33.3 Å². The number of carbonyl (C=O) groups is 1. The number of fused-ring (bicyclic) bond motifs is 1. The van der Waals surface area contributed by atoms with Gasteiger partial charge in [-0.3, -0.25) is 4.98 Å². The SMILES string of the molecule is CC(C)(O)CNc1c(C(=O)O)cnc2ccccc12. The summed E-state index contributed by atoms with van der Waals surface area (Å²) in [5, 5.41) is 22.7. The number of rotatable bonds is 4. The predicted molar refractivity (Wildman–Crippen MR) is 73.5 cm³/mol. The quantitative estimate of drug-likeness (QED) is 0.784. The van der Waals surface area contributed by atoms with Gasteiger partial charge in [-0.25, -0.2) is 4.79 Å². The highest BCUT2D eigenvalue weighted by atomic mass is 16.4. The monoisotopic (exact) mass is 260 g/mol. The van der Waals surface area contributed by atoms with E-state index in [0.29, 0.717) is 11.2 Å². The second-order valence-corrected chi connectivity index (χ2v) is 5.04. The first-order valence-corrected chi connectivity index (χ1v) is 5.96. The molecule has 100 valence electrons. The Morgan fingerprint density at radius 2 is 2.05 bits per heavy atom. The highest BCUT2D eigenvalue weighted by Gasteiger charge is 2.17. The van der Waals surface area contributed by atoms with Crippen molar-refractivity contribution in [3.63, 3.8) is 0 Å². The van der Waals surface area contributed by atoms with E-state index in [1.54, 1.807) is 13.8 Å². The molecule has 3 N–H and O–H groups in total. The first kappa shape index (κ1) is 13.3. The molecule has 1 aromatic heterocycles. The first-order chi connectivity index (χ1) is 8.88. The topological polar surface area (TPSA) is 82.5 Å². The number of anilines is 1. The minimum absolute atomic E-state index is 0.1000. The second-order valence-electron chi connectivity index (χ2n) is 5.04. The lowest BCUT2D eigenvalue weighted by atomic mass is 10.1. The Bertz CT molecular complexity index is 618. The van der Waals surface area contributed by atoms with Gasteiger partial charge in [0.1, 0.15) is 5.56 Å². The van der Waals surface area contributed by atoms with Crippen molar-refractivity contribution in [1.29, 1.82) is 0 Å². The van der Waals surface area contributed by atoms with Crippen LogP contribution in [0, 0.1) is 0 Å². The highest BCUT2D eigenvalue weighted by Crippen LogP contribution is 2.26. The number of aromatic nitrogens is 1. The maximum Gasteiger partial charge on any atom is 0.339 e. The van der Waals surface area contributed by atoms with Gasteiger partial charge < -0.3 is 15.5 Å². The Balaban J connectivity index is 2.53. The number of carboxylic acid groups (broad SMARTS) is 1. The van der Waals surface area contributed by atoms with E-state index in [1.165, 1.54) is 6.20 Å². The minimum Gasteiger partial charge on any atom is -0.478 e. The molecule has 0 aliphatic rings. The highest BCUT2D eigenvalue weighted by molar-refractivity contribution is 6.04. The Morgan fingerprint density at radius 1 is 1.37 bits per heavy atom. The number of benzene rings is 1. The van der Waals surface area contributed by atoms with Crippen molar-refractivity contribution >= 4 is 22.6 Å². The molecule has 0 aliphatic heterocycles. The molecule has 1 heterocycles. The fourth-order valence-electron chi connectivity index (χ4n) is 1.80. The normalized spacial score (nSPS) is 11.5. The lowest BCUT2D eigenvalue weighted by molar-refractivity contribution is 0.0696. The molecule has 2 rings (SSSR count). The maximum absolute atomic E-state index is 11.2. The molecule has 19 heavy (non-hydrogen) atoms. The number of carboxylic acids is 1. The summed E-state index contributed by atoms with van der Waals surface area (Å²) in [6, 6.07) is 7.29. The van der Waals surface area contributed by atoms with Crippen molar-refractivity contribution < 1.29 is 15.0 Å². The van der Waals surface area contributed by atoms with E-state index in [2.05, 4.69) is 10.3 Å². The fourth-order valence-corrected chi connectivity index (χ4v) is 1.80. The molecular formula is C14H16N2O3. The van der Waals surface area contributed by atoms with Crippen LogP contribution in [0.15, 0.2) is 30.5 Å². The van der Waals surface area contributed by atoms with Crippen molar-refractivity contribution in [1.82, 2.24) is 4.98 Å². The molecule has 0 saturated heterocycles. The lowest BCUT2D eigenvalue weighted by Gasteiger charge is -2.20. The van der Waals surface area contributed by atoms with Crippen LogP contribution in [0.2, 0.25) is 0 Å². The average molecular weight is 260 g/mol. The van der Waals surface area contributed by atoms with Crippen LogP contribution in [0.1, 0.15) is 24.2 Å². The number of aromatic carboxylic acids is 1. The van der Waals surface area contributed by atoms with E-state index in [9.17, 15) is 15.0 Å². The summed E-state index contributed by atoms with van der Waals surface area (Å²) in [6.45, 7) is 3.56. The van der Waals surface area contributed by atoms with Gasteiger partial charge in [0.05, 0.1) is 16.8 Å². The Morgan fingerprint density at radius 3 is 2.68 bits per heavy atom. The minimum atomic E-state index is -1.04. The molecule has 0 aliphatic carbocycles. The van der Waals surface area contributed by atoms with E-state index >= 15 is 0 Å². The Kier molecular flexibility index (Phi) is 3.40. The van der Waals surface area contributed by atoms with Crippen LogP contribution in [0.4, 0.5) is 5.69 Å². The third kappa shape index (κ3) is 3.00. The van der Waals surface area contributed by atoms with Gasteiger partial charge in [-0.2, -0.15) is 0 Å². The largest absolute Gasteiger partial charge is 0.478 e. The molecule has 0 saturated carbocycles. The molecule has 5 nitrogen and oxygen atoms in total. The number of hydrogen-bond donors (Lipinski definition) is 3. The summed E-state index contributed by atoms with van der Waals surface area (Å²) in [5.41, 5.74) is 0.370. The van der Waals surface area contributed by atoms with Gasteiger partial charge in [0.15, 0.2) is 0 Å². The van der Waals surface area contributed by atoms with Crippen molar-refractivity contribution in [3.8, 4) is 0 Å². The number of nitrogens with zero attached hydrogens (tertiary/aromatic N) is 1. The molecule has 5 heteroatoms. The molecule has 1 aromatic carbocycles. The van der Waals surface area contributed by atoms with E-state index in [1.807, 2.05) is 24.3 Å². The summed E-state index contributed by atoms with van der Waals surface area (Å²) in [4.78, 5) is 15.4. The van der Waals surface area contributed by atoms with E-state index in [0.717, 1.165) is 5.39 Å². The van der Waals surface area contributed by atoms with Gasteiger partial charge in [0, 0.05) is 18.1 Å². The smallest absolute Gasteiger partial charge is 0.339 e. The maximum atomic E-state index is 11.2. The van der Waals surface area contributed by atoms with Gasteiger partial charge in [0.2, 0.25) is 0 Å². The van der Waals surface area contributed by atoms with Crippen LogP contribution >= 0.6 is 0 Å². The van der Waals surface area contributed by atoms with Gasteiger partial charge >= 0.3 is 5.97 Å². The summed E-state index contributed by atoms with van der Waals surface area (Å²) in [6.07, 6.45) is 1.33. The third-order valence-electron chi connectivity index (χ3n) is 2.70. The van der Waals surface area contributed by atoms with Crippen molar-refractivity contribution in [3.05, 3.63) is 36.0 Å². The number of para-hydroxylation sites is 1. The predicted octanol–water partition coefficient (Wildman–Crippen LogP) is 2.12. The van der Waals surface area contributed by atoms with Crippen LogP contribution in [0.25, 0.3) is 10.9 Å². The van der Waals surface area contributed by atoms with E-state index in [-0.39, 0.29) is 12.1 Å². The zero-order chi connectivity index (χ0) is 14.0. The zero-order valence-corrected chi connectivity index (χ0v) is 10.8. The van der Waals surface area contributed by atoms with Gasteiger partial charge in [-0.05, 0) is 19.9 Å². The van der Waals surface area contributed by atoms with Crippen LogP contribution in [0.5, 0.6) is 0 Å². The molecule has 0 radical (unpaired) electrons. The first-order valence-electron chi connectivity index (χ1n) is 5.96. The fraction of sp³-hybridized carbons (Fsp3) is 0.286. The summed E-state index contributed by atoms with van der Waals surface area (Å²) in [7, 11) is 0. The molecule has 0 atom stereocenters. The Hall–Kier alpha value is -2.14. The van der Waals surface area contributed by atoms with Gasteiger partial charge in [-0.1, -0.05) is 18.2 Å². The van der Waals surface area contributed by atoms with Crippen molar-refractivity contribution in [2.24, 2.45) is 0 Å². The molecule has 0 spiro atoms. The number of nitrogens with one attached hydrogen (secondary N) is 1. The summed E-state index contributed by atoms with van der Waals surface area (Å²) < 4.78 is 0. The number of hydrogen-bond acceptors (Lipinski definition) is 4. The zero-order valence-electron chi connectivity index (χ0n) is 10.8. The summed E-state index contributed by atoms with van der Waals surface area (Å²) in [5.74, 6) is -1.04. The van der Waals surface area contributed by atoms with Gasteiger partial charge in [0.25, 0.3) is 0 Å². The van der Waals surface area contributed by atoms with Crippen molar-refractivity contribution in [2.75, 3.05) is 11.9 Å². The summed E-state index contributed by atoms with van der Waals surface area (Å²) >= 11 is 0.